The Hall–Kier alpha value is -2.25. The van der Waals surface area contributed by atoms with E-state index in [4.69, 9.17) is 14.2 Å². The van der Waals surface area contributed by atoms with Crippen molar-refractivity contribution in [1.29, 1.82) is 0 Å². The van der Waals surface area contributed by atoms with Crippen molar-refractivity contribution in [2.24, 2.45) is 0 Å². The Kier molecular flexibility index (Phi) is 7.48. The van der Waals surface area contributed by atoms with Crippen LogP contribution in [0.1, 0.15) is 29.3 Å². The highest BCUT2D eigenvalue weighted by Gasteiger charge is 2.37. The van der Waals surface area contributed by atoms with E-state index in [0.29, 0.717) is 19.8 Å². The molecule has 1 aliphatic heterocycles. The maximum absolute atomic E-state index is 6.34. The molecule has 0 bridgehead atoms. The van der Waals surface area contributed by atoms with Crippen LogP contribution in [0.15, 0.2) is 78.1 Å². The summed E-state index contributed by atoms with van der Waals surface area (Å²) in [5.74, 6) is 0. The molecule has 6 heteroatoms. The molecule has 0 aliphatic carbocycles. The van der Waals surface area contributed by atoms with Crippen LogP contribution in [0.25, 0.3) is 0 Å². The average molecular weight is 423 g/mol. The topological polar surface area (TPSA) is 53.5 Å². The highest BCUT2D eigenvalue weighted by molar-refractivity contribution is 7.98. The molecule has 1 saturated heterocycles. The van der Waals surface area contributed by atoms with Gasteiger partial charge in [0.2, 0.25) is 0 Å². The van der Waals surface area contributed by atoms with Gasteiger partial charge in [-0.05, 0) is 23.4 Å². The van der Waals surface area contributed by atoms with Crippen molar-refractivity contribution in [3.63, 3.8) is 0 Å². The molecule has 3 aromatic rings. The highest BCUT2D eigenvalue weighted by Crippen LogP contribution is 2.35. The third-order valence-electron chi connectivity index (χ3n) is 5.07. The number of hydrogen-bond donors (Lipinski definition) is 0. The van der Waals surface area contributed by atoms with Crippen LogP contribution in [0, 0.1) is 0 Å². The summed E-state index contributed by atoms with van der Waals surface area (Å²) < 4.78 is 18.6. The molecular formula is C24H26N2O3S. The van der Waals surface area contributed by atoms with Gasteiger partial charge in [0, 0.05) is 12.6 Å². The molecule has 5 nitrogen and oxygen atoms in total. The van der Waals surface area contributed by atoms with Gasteiger partial charge in [0.1, 0.15) is 12.2 Å². The lowest BCUT2D eigenvalue weighted by atomic mass is 10.1. The lowest BCUT2D eigenvalue weighted by molar-refractivity contribution is -0.0721. The van der Waals surface area contributed by atoms with E-state index in [1.54, 1.807) is 6.20 Å². The fourth-order valence-electron chi connectivity index (χ4n) is 3.51. The van der Waals surface area contributed by atoms with Crippen molar-refractivity contribution < 1.29 is 14.2 Å². The van der Waals surface area contributed by atoms with Gasteiger partial charge in [-0.3, -0.25) is 0 Å². The Morgan fingerprint density at radius 3 is 2.37 bits per heavy atom. The highest BCUT2D eigenvalue weighted by atomic mass is 32.2. The standard InChI is InChI=1S/C24H26N2O3S/c1-30-24-25-13-12-20(26-24)21-14-22(28-16-19-10-6-3-7-11-19)23(29-21)17-27-15-18-8-4-2-5-9-18/h2-13,21-23H,14-17H2,1H3/t21-,22+,23-/m1/s1. The summed E-state index contributed by atoms with van der Waals surface area (Å²) >= 11 is 1.53. The van der Waals surface area contributed by atoms with Crippen molar-refractivity contribution in [3.8, 4) is 0 Å². The molecule has 0 saturated carbocycles. The second-order valence-corrected chi connectivity index (χ2v) is 7.98. The van der Waals surface area contributed by atoms with Crippen molar-refractivity contribution >= 4 is 11.8 Å². The molecule has 2 aromatic carbocycles. The first kappa shape index (κ1) is 21.0. The quantitative estimate of drug-likeness (QED) is 0.364. The summed E-state index contributed by atoms with van der Waals surface area (Å²) in [5.41, 5.74) is 3.19. The molecule has 1 fully saturated rings. The van der Waals surface area contributed by atoms with Crippen molar-refractivity contribution in [2.45, 2.75) is 43.1 Å². The van der Waals surface area contributed by atoms with Gasteiger partial charge in [-0.25, -0.2) is 9.97 Å². The Morgan fingerprint density at radius 2 is 1.67 bits per heavy atom. The van der Waals surface area contributed by atoms with Crippen LogP contribution < -0.4 is 0 Å². The number of aromatic nitrogens is 2. The average Bonchev–Trinajstić information content (AvgIpc) is 3.22. The summed E-state index contributed by atoms with van der Waals surface area (Å²) in [7, 11) is 0. The summed E-state index contributed by atoms with van der Waals surface area (Å²) in [6.07, 6.45) is 4.19. The first-order chi connectivity index (χ1) is 14.8. The monoisotopic (exact) mass is 422 g/mol. The molecule has 30 heavy (non-hydrogen) atoms. The molecule has 2 heterocycles. The Morgan fingerprint density at radius 1 is 0.967 bits per heavy atom. The van der Waals surface area contributed by atoms with Gasteiger partial charge in [0.15, 0.2) is 5.16 Å². The third-order valence-corrected chi connectivity index (χ3v) is 5.63. The van der Waals surface area contributed by atoms with Crippen LogP contribution in [-0.4, -0.2) is 35.0 Å². The van der Waals surface area contributed by atoms with Crippen LogP contribution in [0.5, 0.6) is 0 Å². The second-order valence-electron chi connectivity index (χ2n) is 7.20. The van der Waals surface area contributed by atoms with Gasteiger partial charge >= 0.3 is 0 Å². The smallest absolute Gasteiger partial charge is 0.187 e. The Balaban J connectivity index is 1.41. The molecule has 0 spiro atoms. The molecule has 0 N–H and O–H groups in total. The third kappa shape index (κ3) is 5.67. The van der Waals surface area contributed by atoms with Crippen molar-refractivity contribution in [3.05, 3.63) is 89.7 Å². The van der Waals surface area contributed by atoms with E-state index >= 15 is 0 Å². The lowest BCUT2D eigenvalue weighted by Gasteiger charge is -2.19. The molecule has 1 aromatic heterocycles. The number of nitrogens with zero attached hydrogens (tertiary/aromatic N) is 2. The van der Waals surface area contributed by atoms with Gasteiger partial charge in [0.05, 0.1) is 31.6 Å². The van der Waals surface area contributed by atoms with E-state index in [0.717, 1.165) is 28.4 Å². The maximum Gasteiger partial charge on any atom is 0.187 e. The predicted octanol–water partition coefficient (Wildman–Crippen LogP) is 4.83. The van der Waals surface area contributed by atoms with Gasteiger partial charge < -0.3 is 14.2 Å². The van der Waals surface area contributed by atoms with Gasteiger partial charge in [-0.15, -0.1) is 0 Å². The summed E-state index contributed by atoms with van der Waals surface area (Å²) in [4.78, 5) is 8.89. The fraction of sp³-hybridized carbons (Fsp3) is 0.333. The van der Waals surface area contributed by atoms with E-state index in [1.807, 2.05) is 48.7 Å². The van der Waals surface area contributed by atoms with E-state index in [-0.39, 0.29) is 18.3 Å². The molecular weight excluding hydrogens is 396 g/mol. The van der Waals surface area contributed by atoms with Gasteiger partial charge in [-0.1, -0.05) is 72.4 Å². The molecule has 3 atom stereocenters. The molecule has 0 unspecified atom stereocenters. The molecule has 4 rings (SSSR count). The number of ether oxygens (including phenoxy) is 3. The number of thioether (sulfide) groups is 1. The van der Waals surface area contributed by atoms with Crippen LogP contribution in [-0.2, 0) is 27.4 Å². The predicted molar refractivity (Wildman–Crippen MR) is 117 cm³/mol. The van der Waals surface area contributed by atoms with E-state index in [1.165, 1.54) is 11.8 Å². The second kappa shape index (κ2) is 10.7. The SMILES string of the molecule is CSc1nccc([C@H]2C[C@H](OCc3ccccc3)[C@@H](COCc3ccccc3)O2)n1. The number of benzene rings is 2. The zero-order valence-electron chi connectivity index (χ0n) is 17.0. The van der Waals surface area contributed by atoms with Crippen molar-refractivity contribution in [2.75, 3.05) is 12.9 Å². The minimum absolute atomic E-state index is 0.0568. The summed E-state index contributed by atoms with van der Waals surface area (Å²) in [6, 6.07) is 22.3. The Labute approximate surface area is 181 Å². The summed E-state index contributed by atoms with van der Waals surface area (Å²) in [5, 5.41) is 0.752. The minimum atomic E-state index is -0.143. The van der Waals surface area contributed by atoms with E-state index < -0.39 is 0 Å². The number of hydrogen-bond acceptors (Lipinski definition) is 6. The minimum Gasteiger partial charge on any atom is -0.374 e. The van der Waals surface area contributed by atoms with Crippen LogP contribution in [0.4, 0.5) is 0 Å². The zero-order chi connectivity index (χ0) is 20.6. The molecule has 0 amide bonds. The van der Waals surface area contributed by atoms with Gasteiger partial charge in [0.25, 0.3) is 0 Å². The maximum atomic E-state index is 6.34. The first-order valence-corrected chi connectivity index (χ1v) is 11.3. The molecule has 156 valence electrons. The molecule has 0 radical (unpaired) electrons. The zero-order valence-corrected chi connectivity index (χ0v) is 17.8. The van der Waals surface area contributed by atoms with Gasteiger partial charge in [-0.2, -0.15) is 0 Å². The number of rotatable bonds is 9. The first-order valence-electron chi connectivity index (χ1n) is 10.1. The van der Waals surface area contributed by atoms with Crippen molar-refractivity contribution in [1.82, 2.24) is 9.97 Å². The van der Waals surface area contributed by atoms with Crippen LogP contribution in [0.3, 0.4) is 0 Å². The normalized spacial score (nSPS) is 21.0. The lowest BCUT2D eigenvalue weighted by Crippen LogP contribution is -2.29. The molecule has 1 aliphatic rings. The Bertz CT molecular complexity index is 911. The summed E-state index contributed by atoms with van der Waals surface area (Å²) in [6.45, 7) is 1.59. The largest absolute Gasteiger partial charge is 0.374 e. The fourth-order valence-corrected chi connectivity index (χ4v) is 3.87. The van der Waals surface area contributed by atoms with E-state index in [2.05, 4.69) is 34.2 Å². The van der Waals surface area contributed by atoms with E-state index in [9.17, 15) is 0 Å². The van der Waals surface area contributed by atoms with Crippen LogP contribution in [0.2, 0.25) is 0 Å². The van der Waals surface area contributed by atoms with Crippen LogP contribution >= 0.6 is 11.8 Å².